The molecule has 0 bridgehead atoms. The molecule has 33 heavy (non-hydrogen) atoms. The van der Waals surface area contributed by atoms with Gasteiger partial charge in [-0.15, -0.1) is 0 Å². The number of hydrogen-bond donors (Lipinski definition) is 1. The molecular weight excluding hydrogens is 460 g/mol. The molecule has 168 valence electrons. The van der Waals surface area contributed by atoms with E-state index in [1.807, 2.05) is 26.0 Å². The lowest BCUT2D eigenvalue weighted by Crippen LogP contribution is -2.29. The maximum Gasteiger partial charge on any atom is 0.301 e. The van der Waals surface area contributed by atoms with Gasteiger partial charge < -0.3 is 5.11 Å². The Morgan fingerprint density at radius 2 is 1.85 bits per heavy atom. The Hall–Kier alpha value is -3.29. The summed E-state index contributed by atoms with van der Waals surface area (Å²) in [6, 6.07) is 11.3. The van der Waals surface area contributed by atoms with Crippen LogP contribution in [0.3, 0.4) is 0 Å². The van der Waals surface area contributed by atoms with Crippen molar-refractivity contribution in [3.05, 3.63) is 85.9 Å². The number of ketones is 2. The lowest BCUT2D eigenvalue weighted by Gasteiger charge is -2.23. The van der Waals surface area contributed by atoms with Crippen LogP contribution in [0.5, 0.6) is 0 Å². The third-order valence-corrected chi connectivity index (χ3v) is 7.06. The van der Waals surface area contributed by atoms with Crippen LogP contribution in [0.15, 0.2) is 48.0 Å². The number of hydrogen-bond acceptors (Lipinski definition) is 6. The van der Waals surface area contributed by atoms with Crippen LogP contribution in [0.2, 0.25) is 5.02 Å². The van der Waals surface area contributed by atoms with Crippen LogP contribution < -0.4 is 4.90 Å². The van der Waals surface area contributed by atoms with Crippen molar-refractivity contribution >= 4 is 51.3 Å². The minimum Gasteiger partial charge on any atom is -0.507 e. The van der Waals surface area contributed by atoms with Crippen molar-refractivity contribution < 1.29 is 19.5 Å². The molecule has 1 amide bonds. The molecule has 1 aliphatic heterocycles. The minimum atomic E-state index is -0.950. The van der Waals surface area contributed by atoms with Gasteiger partial charge in [0.2, 0.25) is 0 Å². The number of carbonyl (C=O) groups excluding carboxylic acids is 3. The first-order valence-electron chi connectivity index (χ1n) is 10.2. The summed E-state index contributed by atoms with van der Waals surface area (Å²) in [5.74, 6) is -2.09. The first-order chi connectivity index (χ1) is 15.6. The number of benzene rings is 2. The fourth-order valence-electron chi connectivity index (χ4n) is 3.97. The van der Waals surface area contributed by atoms with E-state index in [9.17, 15) is 19.5 Å². The zero-order valence-corrected chi connectivity index (χ0v) is 20.0. The third-order valence-electron chi connectivity index (χ3n) is 5.57. The van der Waals surface area contributed by atoms with Gasteiger partial charge in [-0.1, -0.05) is 52.8 Å². The largest absolute Gasteiger partial charge is 0.507 e. The van der Waals surface area contributed by atoms with Crippen molar-refractivity contribution in [1.29, 1.82) is 0 Å². The highest BCUT2D eigenvalue weighted by atomic mass is 35.5. The summed E-state index contributed by atoms with van der Waals surface area (Å²) in [5, 5.41) is 11.9. The molecule has 1 unspecified atom stereocenters. The Bertz CT molecular complexity index is 1360. The number of aliphatic hydroxyl groups excluding tert-OH is 1. The van der Waals surface area contributed by atoms with Crippen LogP contribution in [0.25, 0.3) is 5.76 Å². The molecule has 0 saturated carbocycles. The van der Waals surface area contributed by atoms with Gasteiger partial charge in [-0.25, -0.2) is 4.98 Å². The molecular formula is C25H21ClN2O4S. The highest BCUT2D eigenvalue weighted by molar-refractivity contribution is 7.18. The van der Waals surface area contributed by atoms with Gasteiger partial charge in [-0.2, -0.15) is 0 Å². The summed E-state index contributed by atoms with van der Waals surface area (Å²) >= 11 is 7.27. The molecule has 1 aliphatic rings. The van der Waals surface area contributed by atoms with Crippen LogP contribution in [0.4, 0.5) is 5.13 Å². The van der Waals surface area contributed by atoms with E-state index < -0.39 is 17.7 Å². The van der Waals surface area contributed by atoms with Gasteiger partial charge in [0.05, 0.1) is 22.2 Å². The Morgan fingerprint density at radius 1 is 1.12 bits per heavy atom. The Morgan fingerprint density at radius 3 is 2.48 bits per heavy atom. The molecule has 2 aromatic carbocycles. The van der Waals surface area contributed by atoms with Crippen molar-refractivity contribution in [1.82, 2.24) is 4.98 Å². The molecule has 1 fully saturated rings. The number of carbonyl (C=O) groups is 3. The number of aromatic nitrogens is 1. The molecule has 0 aliphatic carbocycles. The number of anilines is 1. The number of nitrogens with zero attached hydrogens (tertiary/aromatic N) is 2. The number of rotatable bonds is 4. The third kappa shape index (κ3) is 3.98. The minimum absolute atomic E-state index is 0.0480. The quantitative estimate of drug-likeness (QED) is 0.229. The zero-order valence-electron chi connectivity index (χ0n) is 18.5. The number of halogens is 1. The van der Waals surface area contributed by atoms with E-state index >= 15 is 0 Å². The fourth-order valence-corrected chi connectivity index (χ4v) is 5.16. The van der Waals surface area contributed by atoms with Crippen LogP contribution in [0.1, 0.15) is 50.6 Å². The summed E-state index contributed by atoms with van der Waals surface area (Å²) in [6.07, 6.45) is 0. The van der Waals surface area contributed by atoms with E-state index in [0.29, 0.717) is 26.7 Å². The molecule has 0 spiro atoms. The monoisotopic (exact) mass is 480 g/mol. The molecule has 8 heteroatoms. The smallest absolute Gasteiger partial charge is 0.301 e. The van der Waals surface area contributed by atoms with Crippen LogP contribution in [0, 0.1) is 20.8 Å². The Labute approximate surface area is 200 Å². The van der Waals surface area contributed by atoms with Crippen LogP contribution in [-0.4, -0.2) is 27.6 Å². The second kappa shape index (κ2) is 8.57. The molecule has 0 radical (unpaired) electrons. The fraction of sp³-hybridized carbons (Fsp3) is 0.200. The zero-order chi connectivity index (χ0) is 24.0. The maximum absolute atomic E-state index is 13.3. The standard InChI is InChI=1S/C25H21ClN2O4S/c1-12-8-9-13(2)18(10-12)21(30)19-20(16-6-5-7-17(26)11-16)28(24(32)22(19)31)25-27-14(3)23(33-25)15(4)29/h5-11,20,30H,1-4H3. The number of aryl methyl sites for hydroxylation is 3. The Kier molecular flexibility index (Phi) is 5.95. The number of Topliss-reactive ketones (excluding diaryl/α,β-unsaturated/α-hetero) is 2. The van der Waals surface area contributed by atoms with Gasteiger partial charge in [0.15, 0.2) is 10.9 Å². The van der Waals surface area contributed by atoms with E-state index in [2.05, 4.69) is 4.98 Å². The SMILES string of the molecule is CC(=O)c1sc(N2C(=O)C(=O)C(=C(O)c3cc(C)ccc3C)C2c2cccc(Cl)c2)nc1C. The topological polar surface area (TPSA) is 87.6 Å². The van der Waals surface area contributed by atoms with Gasteiger partial charge >= 0.3 is 5.91 Å². The first kappa shape index (κ1) is 22.9. The van der Waals surface area contributed by atoms with E-state index in [4.69, 9.17) is 11.6 Å². The molecule has 3 aromatic rings. The van der Waals surface area contributed by atoms with Crippen molar-refractivity contribution in [2.75, 3.05) is 4.90 Å². The van der Waals surface area contributed by atoms with E-state index in [0.717, 1.165) is 22.5 Å². The molecule has 1 atom stereocenters. The molecule has 1 saturated heterocycles. The summed E-state index contributed by atoms with van der Waals surface area (Å²) in [6.45, 7) is 6.80. The number of thiazole rings is 1. The van der Waals surface area contributed by atoms with Gasteiger partial charge in [0.1, 0.15) is 5.76 Å². The lowest BCUT2D eigenvalue weighted by atomic mass is 9.93. The highest BCUT2D eigenvalue weighted by Crippen LogP contribution is 2.44. The van der Waals surface area contributed by atoms with Crippen molar-refractivity contribution in [3.63, 3.8) is 0 Å². The summed E-state index contributed by atoms with van der Waals surface area (Å²) in [7, 11) is 0. The van der Waals surface area contributed by atoms with Gasteiger partial charge in [0, 0.05) is 17.5 Å². The second-order valence-corrected chi connectivity index (χ2v) is 9.42. The van der Waals surface area contributed by atoms with Gasteiger partial charge in [-0.3, -0.25) is 19.3 Å². The van der Waals surface area contributed by atoms with Gasteiger partial charge in [0.25, 0.3) is 5.78 Å². The number of aliphatic hydroxyl groups is 1. The molecule has 1 N–H and O–H groups in total. The van der Waals surface area contributed by atoms with Crippen molar-refractivity contribution in [2.24, 2.45) is 0 Å². The molecule has 1 aromatic heterocycles. The predicted molar refractivity (Wildman–Crippen MR) is 129 cm³/mol. The number of amides is 1. The van der Waals surface area contributed by atoms with Crippen LogP contribution >= 0.6 is 22.9 Å². The first-order valence-corrected chi connectivity index (χ1v) is 11.4. The molecule has 2 heterocycles. The molecule has 6 nitrogen and oxygen atoms in total. The van der Waals surface area contributed by atoms with E-state index in [-0.39, 0.29) is 22.2 Å². The average Bonchev–Trinajstić information content (AvgIpc) is 3.27. The van der Waals surface area contributed by atoms with Gasteiger partial charge in [-0.05, 0) is 50.1 Å². The summed E-state index contributed by atoms with van der Waals surface area (Å²) < 4.78 is 0. The average molecular weight is 481 g/mol. The van der Waals surface area contributed by atoms with Crippen molar-refractivity contribution in [2.45, 2.75) is 33.7 Å². The van der Waals surface area contributed by atoms with E-state index in [1.54, 1.807) is 37.3 Å². The predicted octanol–water partition coefficient (Wildman–Crippen LogP) is 5.55. The summed E-state index contributed by atoms with van der Waals surface area (Å²) in [5.41, 5.74) is 3.11. The second-order valence-electron chi connectivity index (χ2n) is 8.01. The van der Waals surface area contributed by atoms with Crippen molar-refractivity contribution in [3.8, 4) is 0 Å². The Balaban J connectivity index is 1.99. The lowest BCUT2D eigenvalue weighted by molar-refractivity contribution is -0.132. The summed E-state index contributed by atoms with van der Waals surface area (Å²) in [4.78, 5) is 44.6. The van der Waals surface area contributed by atoms with Crippen LogP contribution in [-0.2, 0) is 9.59 Å². The maximum atomic E-state index is 13.3. The molecule has 4 rings (SSSR count). The normalized spacial score (nSPS) is 17.6. The van der Waals surface area contributed by atoms with E-state index in [1.165, 1.54) is 11.8 Å². The highest BCUT2D eigenvalue weighted by Gasteiger charge is 2.48.